The lowest BCUT2D eigenvalue weighted by atomic mass is 9.91. The molecule has 0 radical (unpaired) electrons. The molecule has 202 valence electrons. The molecule has 1 fully saturated rings. The summed E-state index contributed by atoms with van der Waals surface area (Å²) in [5.74, 6) is -5.13. The fourth-order valence-electron chi connectivity index (χ4n) is 5.20. The van der Waals surface area contributed by atoms with Crippen molar-refractivity contribution >= 4 is 0 Å². The number of rotatable bonds is 10. The van der Waals surface area contributed by atoms with Crippen LogP contribution in [-0.2, 0) is 17.6 Å². The molecule has 38 heavy (non-hydrogen) atoms. The minimum Gasteiger partial charge on any atom is -0.378 e. The molecule has 4 rings (SSSR count). The Morgan fingerprint density at radius 2 is 1.42 bits per heavy atom. The Kier molecular flexibility index (Phi) is 9.37. The Morgan fingerprint density at radius 3 is 2.03 bits per heavy atom. The van der Waals surface area contributed by atoms with Crippen LogP contribution < -0.4 is 0 Å². The van der Waals surface area contributed by atoms with Crippen molar-refractivity contribution in [1.82, 2.24) is 0 Å². The standard InChI is InChI=1S/C32H33F5O/c1-3-5-7-20-9-14-24(28(33)18-20)25-16-17-27(32(37)31(25)36)26-15-11-22(29(34)30(26)35)10-13-23-12-8-21(6-4-2)19-38-23/h3,9,11,14-18,21,23H,1,4-8,10,12-13,19H2,2H3. The number of halogens is 5. The van der Waals surface area contributed by atoms with E-state index in [1.165, 1.54) is 30.3 Å². The van der Waals surface area contributed by atoms with Gasteiger partial charge in [-0.1, -0.05) is 55.8 Å². The third-order valence-electron chi connectivity index (χ3n) is 7.39. The SMILES string of the molecule is C=CCCc1ccc(-c2ccc(-c3ccc(CCC4CCC(CCC)CO4)c(F)c3F)c(F)c2F)c(F)c1. The van der Waals surface area contributed by atoms with Crippen molar-refractivity contribution in [2.24, 2.45) is 5.92 Å². The van der Waals surface area contributed by atoms with Crippen LogP contribution in [-0.4, -0.2) is 12.7 Å². The van der Waals surface area contributed by atoms with E-state index in [1.807, 2.05) is 0 Å². The highest BCUT2D eigenvalue weighted by atomic mass is 19.2. The van der Waals surface area contributed by atoms with Crippen molar-refractivity contribution in [3.8, 4) is 22.3 Å². The lowest BCUT2D eigenvalue weighted by Crippen LogP contribution is -2.26. The number of aryl methyl sites for hydroxylation is 2. The Hall–Kier alpha value is -2.99. The lowest BCUT2D eigenvalue weighted by molar-refractivity contribution is -0.0216. The molecule has 0 amide bonds. The smallest absolute Gasteiger partial charge is 0.167 e. The highest BCUT2D eigenvalue weighted by Gasteiger charge is 2.24. The van der Waals surface area contributed by atoms with Gasteiger partial charge in [0.15, 0.2) is 23.3 Å². The van der Waals surface area contributed by atoms with Crippen LogP contribution in [0, 0.1) is 35.0 Å². The minimum atomic E-state index is -1.36. The highest BCUT2D eigenvalue weighted by molar-refractivity contribution is 5.72. The van der Waals surface area contributed by atoms with Crippen LogP contribution in [0.15, 0.2) is 55.1 Å². The van der Waals surface area contributed by atoms with Crippen molar-refractivity contribution in [1.29, 1.82) is 0 Å². The molecule has 0 bridgehead atoms. The van der Waals surface area contributed by atoms with Crippen molar-refractivity contribution in [3.63, 3.8) is 0 Å². The van der Waals surface area contributed by atoms with Crippen molar-refractivity contribution < 1.29 is 26.7 Å². The number of benzene rings is 3. The third kappa shape index (κ3) is 6.17. The molecular weight excluding hydrogens is 495 g/mol. The maximum absolute atomic E-state index is 15.1. The summed E-state index contributed by atoms with van der Waals surface area (Å²) in [5.41, 5.74) is -0.326. The quantitative estimate of drug-likeness (QED) is 0.188. The highest BCUT2D eigenvalue weighted by Crippen LogP contribution is 2.35. The first-order chi connectivity index (χ1) is 18.3. The summed E-state index contributed by atoms with van der Waals surface area (Å²) in [7, 11) is 0. The third-order valence-corrected chi connectivity index (χ3v) is 7.39. The van der Waals surface area contributed by atoms with E-state index in [2.05, 4.69) is 13.5 Å². The Labute approximate surface area is 221 Å². The van der Waals surface area contributed by atoms with Gasteiger partial charge in [-0.05, 0) is 68.1 Å². The zero-order valence-corrected chi connectivity index (χ0v) is 21.6. The molecule has 1 aliphatic heterocycles. The van der Waals surface area contributed by atoms with Gasteiger partial charge in [-0.2, -0.15) is 0 Å². The Balaban J connectivity index is 1.51. The summed E-state index contributed by atoms with van der Waals surface area (Å²) in [6.45, 7) is 6.47. The van der Waals surface area contributed by atoms with Crippen LogP contribution in [0.4, 0.5) is 22.0 Å². The summed E-state index contributed by atoms with van der Waals surface area (Å²) >= 11 is 0. The Morgan fingerprint density at radius 1 is 0.789 bits per heavy atom. The average Bonchev–Trinajstić information content (AvgIpc) is 2.92. The van der Waals surface area contributed by atoms with Gasteiger partial charge in [-0.25, -0.2) is 22.0 Å². The first kappa shape index (κ1) is 28.0. The lowest BCUT2D eigenvalue weighted by Gasteiger charge is -2.29. The van der Waals surface area contributed by atoms with Crippen molar-refractivity contribution in [2.45, 2.75) is 64.4 Å². The summed E-state index contributed by atoms with van der Waals surface area (Å²) in [6, 6.07) is 9.32. The monoisotopic (exact) mass is 528 g/mol. The second-order valence-corrected chi connectivity index (χ2v) is 10.1. The molecule has 1 saturated heterocycles. The first-order valence-corrected chi connectivity index (χ1v) is 13.3. The van der Waals surface area contributed by atoms with E-state index in [0.29, 0.717) is 37.4 Å². The van der Waals surface area contributed by atoms with Gasteiger partial charge < -0.3 is 4.74 Å². The topological polar surface area (TPSA) is 9.23 Å². The minimum absolute atomic E-state index is 0.000719. The van der Waals surface area contributed by atoms with Gasteiger partial charge in [0.2, 0.25) is 0 Å². The largest absolute Gasteiger partial charge is 0.378 e. The van der Waals surface area contributed by atoms with Crippen molar-refractivity contribution in [2.75, 3.05) is 6.61 Å². The van der Waals surface area contributed by atoms with Crippen LogP contribution in [0.1, 0.15) is 56.6 Å². The van der Waals surface area contributed by atoms with E-state index in [1.54, 1.807) is 12.1 Å². The van der Waals surface area contributed by atoms with Crippen LogP contribution in [0.5, 0.6) is 0 Å². The molecule has 0 spiro atoms. The molecule has 2 unspecified atom stereocenters. The van der Waals surface area contributed by atoms with E-state index in [-0.39, 0.29) is 34.8 Å². The molecular formula is C32H33F5O. The van der Waals surface area contributed by atoms with E-state index in [9.17, 15) is 8.78 Å². The molecule has 2 atom stereocenters. The first-order valence-electron chi connectivity index (χ1n) is 13.3. The second-order valence-electron chi connectivity index (χ2n) is 10.1. The summed E-state index contributed by atoms with van der Waals surface area (Å²) < 4.78 is 80.7. The van der Waals surface area contributed by atoms with Gasteiger partial charge in [0.05, 0.1) is 6.10 Å². The molecule has 0 N–H and O–H groups in total. The van der Waals surface area contributed by atoms with E-state index in [4.69, 9.17) is 4.74 Å². The van der Waals surface area contributed by atoms with Gasteiger partial charge in [-0.3, -0.25) is 0 Å². The maximum Gasteiger partial charge on any atom is 0.167 e. The van der Waals surface area contributed by atoms with Crippen LogP contribution in [0.25, 0.3) is 22.3 Å². The molecule has 0 aromatic heterocycles. The van der Waals surface area contributed by atoms with E-state index >= 15 is 13.2 Å². The van der Waals surface area contributed by atoms with Crippen LogP contribution >= 0.6 is 0 Å². The fourth-order valence-corrected chi connectivity index (χ4v) is 5.20. The molecule has 1 nitrogen and oxygen atoms in total. The average molecular weight is 529 g/mol. The number of hydrogen-bond acceptors (Lipinski definition) is 1. The maximum atomic E-state index is 15.1. The number of ether oxygens (including phenoxy) is 1. The molecule has 3 aromatic rings. The van der Waals surface area contributed by atoms with Crippen LogP contribution in [0.2, 0.25) is 0 Å². The van der Waals surface area contributed by atoms with Gasteiger partial charge in [0.1, 0.15) is 5.82 Å². The normalized spacial score (nSPS) is 17.5. The molecule has 0 aliphatic carbocycles. The zero-order valence-electron chi connectivity index (χ0n) is 21.6. The van der Waals surface area contributed by atoms with E-state index in [0.717, 1.165) is 31.7 Å². The predicted octanol–water partition coefficient (Wildman–Crippen LogP) is 9.36. The second kappa shape index (κ2) is 12.7. The molecule has 6 heteroatoms. The van der Waals surface area contributed by atoms with Gasteiger partial charge >= 0.3 is 0 Å². The summed E-state index contributed by atoms with van der Waals surface area (Å²) in [4.78, 5) is 0. The predicted molar refractivity (Wildman–Crippen MR) is 141 cm³/mol. The summed E-state index contributed by atoms with van der Waals surface area (Å²) in [5, 5.41) is 0. The molecule has 1 heterocycles. The van der Waals surface area contributed by atoms with Gasteiger partial charge in [-0.15, -0.1) is 6.58 Å². The van der Waals surface area contributed by atoms with E-state index < -0.39 is 34.6 Å². The Bertz CT molecular complexity index is 1280. The number of allylic oxidation sites excluding steroid dienone is 1. The zero-order chi connectivity index (χ0) is 27.2. The molecule has 1 aliphatic rings. The molecule has 3 aromatic carbocycles. The van der Waals surface area contributed by atoms with Crippen LogP contribution in [0.3, 0.4) is 0 Å². The fraction of sp³-hybridized carbons (Fsp3) is 0.375. The van der Waals surface area contributed by atoms with Gasteiger partial charge in [0, 0.05) is 28.9 Å². The molecule has 0 saturated carbocycles. The van der Waals surface area contributed by atoms with Crippen molar-refractivity contribution in [3.05, 3.63) is 95.3 Å². The van der Waals surface area contributed by atoms with Gasteiger partial charge in [0.25, 0.3) is 0 Å². The summed E-state index contributed by atoms with van der Waals surface area (Å²) in [6.07, 6.45) is 7.99. The number of hydrogen-bond donors (Lipinski definition) is 0.